The first-order chi connectivity index (χ1) is 36.6. The maximum absolute atomic E-state index is 14.8. The lowest BCUT2D eigenvalue weighted by atomic mass is 9.77. The lowest BCUT2D eigenvalue weighted by Crippen LogP contribution is -2.54. The average Bonchev–Trinajstić information content (AvgIpc) is 4.19. The van der Waals surface area contributed by atoms with Crippen LogP contribution < -0.4 is 26.6 Å². The van der Waals surface area contributed by atoms with E-state index in [1.807, 2.05) is 42.5 Å². The molecule has 17 nitrogen and oxygen atoms in total. The number of halogens is 2. The molecule has 9 atom stereocenters. The molecule has 10 rings (SSSR count). The van der Waals surface area contributed by atoms with E-state index in [2.05, 4.69) is 54.0 Å². The molecule has 4 fully saturated rings. The molecule has 406 valence electrons. The quantitative estimate of drug-likeness (QED) is 0.0566. The van der Waals surface area contributed by atoms with Crippen LogP contribution in [0.5, 0.6) is 0 Å². The third kappa shape index (κ3) is 10.8. The number of anilines is 1. The number of benzene rings is 2. The number of hydrogen-bond acceptors (Lipinski definition) is 10. The van der Waals surface area contributed by atoms with E-state index < -0.39 is 53.1 Å². The number of fused-ring (bicyclic) bond motifs is 3. The van der Waals surface area contributed by atoms with Crippen LogP contribution in [0, 0.1) is 35.0 Å². The maximum atomic E-state index is 14.8. The zero-order chi connectivity index (χ0) is 53.3. The molecule has 1 aliphatic heterocycles. The number of likely N-dealkylation sites (tertiary alicyclic amines) is 1. The van der Waals surface area contributed by atoms with E-state index in [0.29, 0.717) is 30.0 Å². The van der Waals surface area contributed by atoms with Gasteiger partial charge in [0.15, 0.2) is 11.5 Å². The number of nitrogens with one attached hydrogen (secondary N) is 6. The Morgan fingerprint density at radius 3 is 2.39 bits per heavy atom. The molecule has 0 spiro atoms. The van der Waals surface area contributed by atoms with Crippen molar-refractivity contribution in [2.45, 2.75) is 140 Å². The molecule has 2 aromatic heterocycles. The summed E-state index contributed by atoms with van der Waals surface area (Å²) in [5, 5.41) is 26.9. The Bertz CT molecular complexity index is 2790. The second kappa shape index (κ2) is 22.3. The number of alkyl halides is 2. The van der Waals surface area contributed by atoms with Gasteiger partial charge < -0.3 is 36.2 Å². The fourth-order valence-corrected chi connectivity index (χ4v) is 13.1. The molecule has 5 amide bonds. The summed E-state index contributed by atoms with van der Waals surface area (Å²) in [7, 11) is 1.70. The van der Waals surface area contributed by atoms with Crippen molar-refractivity contribution in [3.63, 3.8) is 0 Å². The lowest BCUT2D eigenvalue weighted by Gasteiger charge is -2.43. The number of aryl methyl sites for hydroxylation is 1. The van der Waals surface area contributed by atoms with Gasteiger partial charge in [-0.25, -0.2) is 8.78 Å². The van der Waals surface area contributed by atoms with Crippen molar-refractivity contribution in [3.8, 4) is 0 Å². The Labute approximate surface area is 442 Å². The van der Waals surface area contributed by atoms with Crippen molar-refractivity contribution in [1.29, 1.82) is 0 Å². The Morgan fingerprint density at radius 1 is 0.882 bits per heavy atom. The van der Waals surface area contributed by atoms with E-state index in [1.54, 1.807) is 42.9 Å². The summed E-state index contributed by atoms with van der Waals surface area (Å²) in [4.78, 5) is 84.5. The van der Waals surface area contributed by atoms with Gasteiger partial charge in [-0.15, -0.1) is 0 Å². The zero-order valence-electron chi connectivity index (χ0n) is 43.8. The molecule has 0 bridgehead atoms. The first kappa shape index (κ1) is 53.1. The van der Waals surface area contributed by atoms with E-state index in [1.165, 1.54) is 5.56 Å². The molecule has 6 aliphatic rings. The summed E-state index contributed by atoms with van der Waals surface area (Å²) < 4.78 is 36.7. The number of nitrogens with zero attached hydrogens (tertiary/aromatic N) is 4. The molecule has 76 heavy (non-hydrogen) atoms. The van der Waals surface area contributed by atoms with Crippen molar-refractivity contribution < 1.29 is 42.3 Å². The minimum absolute atomic E-state index is 0.00591. The largest absolute Gasteiger partial charge is 0.380 e. The molecule has 0 radical (unpaired) electrons. The van der Waals surface area contributed by atoms with Gasteiger partial charge in [-0.2, -0.15) is 10.2 Å². The number of amides is 5. The van der Waals surface area contributed by atoms with Crippen molar-refractivity contribution >= 4 is 41.0 Å². The van der Waals surface area contributed by atoms with E-state index in [4.69, 9.17) is 4.74 Å². The van der Waals surface area contributed by atoms with Crippen LogP contribution in [0.15, 0.2) is 67.0 Å². The Morgan fingerprint density at radius 2 is 1.62 bits per heavy atom. The van der Waals surface area contributed by atoms with E-state index in [0.717, 1.165) is 62.5 Å². The molecule has 1 saturated heterocycles. The van der Waals surface area contributed by atoms with Gasteiger partial charge in [0.2, 0.25) is 23.6 Å². The van der Waals surface area contributed by atoms with Gasteiger partial charge in [0, 0.05) is 78.5 Å². The summed E-state index contributed by atoms with van der Waals surface area (Å²) in [6, 6.07) is 15.8. The highest BCUT2D eigenvalue weighted by Gasteiger charge is 2.78. The molecule has 6 N–H and O–H groups in total. The number of aromatic nitrogens is 4. The van der Waals surface area contributed by atoms with Crippen LogP contribution >= 0.6 is 0 Å². The highest BCUT2D eigenvalue weighted by Crippen LogP contribution is 2.70. The number of carbonyl (C=O) groups excluding carboxylic acids is 6. The second-order valence-corrected chi connectivity index (χ2v) is 22.6. The van der Waals surface area contributed by atoms with Crippen LogP contribution in [-0.4, -0.2) is 118 Å². The van der Waals surface area contributed by atoms with E-state index >= 15 is 0 Å². The van der Waals surface area contributed by atoms with Crippen LogP contribution in [-0.2, 0) is 48.0 Å². The summed E-state index contributed by atoms with van der Waals surface area (Å²) in [6.45, 7) is 4.46. The SMILES string of the molecule is CN[C@@H](C)C(=O)N[C@H](C(=O)C1C[C@@H](NC(=O)CCOCCC(=O)N2CC([C@@H](c3ccccc3)n3cc(NC(=O)c4n[nH]c5c4CC4C(F)(F)C4(C)C5)cn3)C2)C[C@H]1C(=O)N[C@@H]1CCCc2ccccc21)C1CCCCC1. The monoisotopic (exact) mass is 1050 g/mol. The molecule has 2 aromatic carbocycles. The standard InChI is InChI=1S/C57H72F2N10O7/c1-33(60-3)53(73)65-49(35-14-6-4-7-15-35)52(72)41-25-38(26-42(41)54(74)64-44-20-12-18-34-13-10-11-19-40(34)44)62-47(70)21-23-76-24-22-48(71)68-30-37(31-68)51(36-16-8-5-9-17-36)69-32-39(29-61-69)63-55(75)50-43-27-46-56(2,57(46,58)59)28-45(43)66-67-50/h5,8-11,13,16-17,19,29,32-33,35,37-38,41-42,44,46,49,51,60H,4,6-7,12,14-15,18,20-28,30-31H2,1-3H3,(H,62,70)(H,63,75)(H,64,74)(H,65,73)(H,66,67)/t33-,38+,41?,42+,44+,46?,49-,51+,56?/m0/s1. The number of hydrogen-bond donors (Lipinski definition) is 6. The van der Waals surface area contributed by atoms with Crippen LogP contribution in [0.25, 0.3) is 0 Å². The molecule has 19 heteroatoms. The third-order valence-corrected chi connectivity index (χ3v) is 17.8. The van der Waals surface area contributed by atoms with Gasteiger partial charge in [-0.1, -0.05) is 80.8 Å². The predicted molar refractivity (Wildman–Crippen MR) is 278 cm³/mol. The molecular formula is C57H72F2N10O7. The number of H-pyrrole nitrogens is 1. The van der Waals surface area contributed by atoms with Gasteiger partial charge in [0.25, 0.3) is 11.8 Å². The summed E-state index contributed by atoms with van der Waals surface area (Å²) in [5.41, 5.74) is 3.82. The fourth-order valence-electron chi connectivity index (χ4n) is 13.1. The van der Waals surface area contributed by atoms with Crippen molar-refractivity contribution in [2.24, 2.45) is 35.0 Å². The van der Waals surface area contributed by atoms with Crippen LogP contribution in [0.4, 0.5) is 14.5 Å². The molecule has 5 aliphatic carbocycles. The number of aromatic amines is 1. The van der Waals surface area contributed by atoms with Crippen LogP contribution in [0.3, 0.4) is 0 Å². The van der Waals surface area contributed by atoms with Gasteiger partial charge in [-0.05, 0) is 87.9 Å². The molecule has 4 aromatic rings. The summed E-state index contributed by atoms with van der Waals surface area (Å²) in [6.07, 6.45) is 11.5. The predicted octanol–water partition coefficient (Wildman–Crippen LogP) is 6.02. The fraction of sp³-hybridized carbons (Fsp3) is 0.579. The number of rotatable bonds is 20. The van der Waals surface area contributed by atoms with Crippen molar-refractivity contribution in [1.82, 2.24) is 46.1 Å². The van der Waals surface area contributed by atoms with Crippen LogP contribution in [0.2, 0.25) is 0 Å². The normalized spacial score (nSPS) is 25.9. The van der Waals surface area contributed by atoms with Crippen LogP contribution in [0.1, 0.15) is 135 Å². The molecule has 3 saturated carbocycles. The summed E-state index contributed by atoms with van der Waals surface area (Å²) in [5.74, 6) is -6.48. The number of carbonyl (C=O) groups is 6. The Hall–Kier alpha value is -6.34. The second-order valence-electron chi connectivity index (χ2n) is 22.6. The van der Waals surface area contributed by atoms with E-state index in [9.17, 15) is 37.5 Å². The first-order valence-corrected chi connectivity index (χ1v) is 27.5. The van der Waals surface area contributed by atoms with E-state index in [-0.39, 0.29) is 111 Å². The Balaban J connectivity index is 0.709. The number of likely N-dealkylation sites (N-methyl/N-ethyl adjacent to an activating group) is 1. The van der Waals surface area contributed by atoms with Crippen molar-refractivity contribution in [3.05, 3.63) is 101 Å². The van der Waals surface area contributed by atoms with Crippen molar-refractivity contribution in [2.75, 3.05) is 38.7 Å². The molecule has 3 unspecified atom stereocenters. The maximum Gasteiger partial charge on any atom is 0.276 e. The number of Topliss-reactive ketones (excluding diaryl/α,β-unsaturated/α-hetero) is 1. The lowest BCUT2D eigenvalue weighted by molar-refractivity contribution is -0.139. The molecule has 3 heterocycles. The molecular weight excluding hydrogens is 975 g/mol. The number of ether oxygens (including phenoxy) is 1. The average molecular weight is 1050 g/mol. The minimum atomic E-state index is -2.78. The topological polar surface area (TPSA) is 222 Å². The number of ketones is 1. The Kier molecular flexibility index (Phi) is 15.6. The highest BCUT2D eigenvalue weighted by molar-refractivity contribution is 6.04. The van der Waals surface area contributed by atoms with Gasteiger partial charge in [0.05, 0.1) is 55.7 Å². The van der Waals surface area contributed by atoms with Gasteiger partial charge in [0.1, 0.15) is 0 Å². The smallest absolute Gasteiger partial charge is 0.276 e. The third-order valence-electron chi connectivity index (χ3n) is 17.8. The van der Waals surface area contributed by atoms with Gasteiger partial charge in [-0.3, -0.25) is 38.5 Å². The highest BCUT2D eigenvalue weighted by atomic mass is 19.3. The zero-order valence-corrected chi connectivity index (χ0v) is 43.8. The summed E-state index contributed by atoms with van der Waals surface area (Å²) >= 11 is 0. The van der Waals surface area contributed by atoms with Gasteiger partial charge >= 0.3 is 0 Å². The minimum Gasteiger partial charge on any atom is -0.380 e. The first-order valence-electron chi connectivity index (χ1n) is 27.5.